The minimum Gasteiger partial charge on any atom is -0.507 e. The van der Waals surface area contributed by atoms with Crippen LogP contribution in [0.3, 0.4) is 0 Å². The number of nitrogens with one attached hydrogen (secondary N) is 1. The van der Waals surface area contributed by atoms with Gasteiger partial charge < -0.3 is 14.5 Å². The molecule has 0 spiro atoms. The van der Waals surface area contributed by atoms with E-state index in [0.29, 0.717) is 16.8 Å². The van der Waals surface area contributed by atoms with Gasteiger partial charge in [0.1, 0.15) is 17.6 Å². The quantitative estimate of drug-likeness (QED) is 0.275. The molecule has 33 heavy (non-hydrogen) atoms. The summed E-state index contributed by atoms with van der Waals surface area (Å²) in [5.41, 5.74) is 4.36. The number of rotatable bonds is 3. The summed E-state index contributed by atoms with van der Waals surface area (Å²) in [4.78, 5) is 35.3. The molecule has 164 valence electrons. The molecule has 1 atom stereocenters. The molecule has 0 bridgehead atoms. The average molecular weight is 439 g/mol. The highest BCUT2D eigenvalue weighted by Gasteiger charge is 2.49. The Labute approximate surface area is 189 Å². The van der Waals surface area contributed by atoms with Crippen LogP contribution in [0.15, 0.2) is 70.9 Å². The molecular weight excluding hydrogens is 418 g/mol. The fourth-order valence-electron chi connectivity index (χ4n) is 4.86. The van der Waals surface area contributed by atoms with Crippen LogP contribution in [0.1, 0.15) is 41.3 Å². The Morgan fingerprint density at radius 3 is 2.64 bits per heavy atom. The number of carbonyl (C=O) groups excluding carboxylic acids is 2. The summed E-state index contributed by atoms with van der Waals surface area (Å²) >= 11 is 0. The second-order valence-electron chi connectivity index (χ2n) is 8.45. The minimum absolute atomic E-state index is 0.00818. The molecule has 7 heteroatoms. The molecule has 1 aliphatic carbocycles. The van der Waals surface area contributed by atoms with Gasteiger partial charge in [-0.2, -0.15) is 0 Å². The number of anilines is 1. The summed E-state index contributed by atoms with van der Waals surface area (Å²) in [6.45, 7) is 0. The Hall–Kier alpha value is -4.13. The number of aromatic nitrogens is 2. The van der Waals surface area contributed by atoms with Crippen LogP contribution >= 0.6 is 0 Å². The summed E-state index contributed by atoms with van der Waals surface area (Å²) in [6, 6.07) is 15.6. The van der Waals surface area contributed by atoms with E-state index in [1.54, 1.807) is 12.1 Å². The van der Waals surface area contributed by atoms with E-state index in [1.807, 2.05) is 42.5 Å². The first-order valence-electron chi connectivity index (χ1n) is 11.0. The third-order valence-corrected chi connectivity index (χ3v) is 6.48. The fraction of sp³-hybridized carbons (Fsp3) is 0.192. The van der Waals surface area contributed by atoms with Crippen LogP contribution in [-0.4, -0.2) is 26.8 Å². The van der Waals surface area contributed by atoms with E-state index in [1.165, 1.54) is 22.3 Å². The Balaban J connectivity index is 1.52. The van der Waals surface area contributed by atoms with Crippen LogP contribution < -0.4 is 4.90 Å². The number of Topliss-reactive ketones (excluding diaryl/α,β-unsaturated/α-hetero) is 1. The summed E-state index contributed by atoms with van der Waals surface area (Å²) in [6.07, 6.45) is 5.68. The predicted molar refractivity (Wildman–Crippen MR) is 123 cm³/mol. The number of imidazole rings is 1. The number of aromatic amines is 1. The molecule has 1 amide bonds. The van der Waals surface area contributed by atoms with Crippen molar-refractivity contribution in [2.24, 2.45) is 0 Å². The highest BCUT2D eigenvalue weighted by atomic mass is 16.3. The number of nitrogens with zero attached hydrogens (tertiary/aromatic N) is 2. The Morgan fingerprint density at radius 2 is 1.85 bits per heavy atom. The number of fused-ring (bicyclic) bond motifs is 2. The number of para-hydroxylation sites is 2. The van der Waals surface area contributed by atoms with Crippen molar-refractivity contribution in [2.75, 3.05) is 4.90 Å². The maximum absolute atomic E-state index is 13.2. The molecule has 1 aliphatic heterocycles. The van der Waals surface area contributed by atoms with Crippen LogP contribution in [-0.2, 0) is 22.4 Å². The molecule has 2 aromatic carbocycles. The lowest BCUT2D eigenvalue weighted by Gasteiger charge is -2.21. The van der Waals surface area contributed by atoms with Gasteiger partial charge >= 0.3 is 5.91 Å². The Bertz CT molecular complexity index is 1400. The van der Waals surface area contributed by atoms with Crippen LogP contribution in [0.2, 0.25) is 0 Å². The van der Waals surface area contributed by atoms with Gasteiger partial charge in [-0.05, 0) is 67.1 Å². The third kappa shape index (κ3) is 3.08. The van der Waals surface area contributed by atoms with E-state index in [9.17, 15) is 14.7 Å². The Morgan fingerprint density at radius 1 is 1.03 bits per heavy atom. The average Bonchev–Trinajstić information content (AvgIpc) is 3.57. The van der Waals surface area contributed by atoms with Crippen LogP contribution in [0.25, 0.3) is 16.8 Å². The zero-order valence-corrected chi connectivity index (χ0v) is 17.7. The number of hydrogen-bond acceptors (Lipinski definition) is 5. The first kappa shape index (κ1) is 19.5. The number of carbonyl (C=O) groups is 2. The number of amides is 1. The van der Waals surface area contributed by atoms with Gasteiger partial charge in [-0.25, -0.2) is 4.98 Å². The third-order valence-electron chi connectivity index (χ3n) is 6.48. The van der Waals surface area contributed by atoms with E-state index >= 15 is 0 Å². The van der Waals surface area contributed by atoms with Gasteiger partial charge in [0.15, 0.2) is 0 Å². The summed E-state index contributed by atoms with van der Waals surface area (Å²) in [5, 5.41) is 11.3. The second kappa shape index (κ2) is 7.48. The first-order chi connectivity index (χ1) is 16.1. The molecule has 2 aromatic heterocycles. The van der Waals surface area contributed by atoms with Crippen molar-refractivity contribution in [3.63, 3.8) is 0 Å². The van der Waals surface area contributed by atoms with E-state index in [2.05, 4.69) is 9.97 Å². The number of hydrogen-bond donors (Lipinski definition) is 2. The van der Waals surface area contributed by atoms with Gasteiger partial charge in [-0.3, -0.25) is 14.5 Å². The molecular formula is C26H21N3O4. The van der Waals surface area contributed by atoms with Crippen molar-refractivity contribution in [3.8, 4) is 0 Å². The van der Waals surface area contributed by atoms with Gasteiger partial charge in [0.25, 0.3) is 5.78 Å². The van der Waals surface area contributed by atoms with Gasteiger partial charge in [0.05, 0.1) is 22.9 Å². The SMILES string of the molecule is O=C1C(=O)N(c2nc3ccccc3[nH]2)C(c2ccco2)/C1=C(\O)c1ccc2c(c1)CCCC2. The van der Waals surface area contributed by atoms with E-state index < -0.39 is 17.7 Å². The van der Waals surface area contributed by atoms with Crippen molar-refractivity contribution < 1.29 is 19.1 Å². The van der Waals surface area contributed by atoms with E-state index in [4.69, 9.17) is 4.42 Å². The van der Waals surface area contributed by atoms with Crippen LogP contribution in [0.4, 0.5) is 5.95 Å². The first-order valence-corrected chi connectivity index (χ1v) is 11.0. The largest absolute Gasteiger partial charge is 0.507 e. The zero-order chi connectivity index (χ0) is 22.5. The molecule has 6 rings (SSSR count). The summed E-state index contributed by atoms with van der Waals surface area (Å²) in [7, 11) is 0. The van der Waals surface area contributed by atoms with Crippen molar-refractivity contribution in [1.29, 1.82) is 0 Å². The standard InChI is InChI=1S/C26H21N3O4/c30-23(17-12-11-15-6-1-2-7-16(15)14-17)21-22(20-10-5-13-33-20)29(25(32)24(21)31)26-27-18-8-3-4-9-19(18)28-26/h3-5,8-14,22,30H,1-2,6-7H2,(H,27,28)/b23-21+. The molecule has 1 fully saturated rings. The lowest BCUT2D eigenvalue weighted by molar-refractivity contribution is -0.132. The molecule has 0 radical (unpaired) electrons. The van der Waals surface area contributed by atoms with E-state index in [-0.39, 0.29) is 17.3 Å². The number of ketones is 1. The van der Waals surface area contributed by atoms with Gasteiger partial charge in [0.2, 0.25) is 5.95 Å². The summed E-state index contributed by atoms with van der Waals surface area (Å²) < 4.78 is 5.61. The van der Waals surface area contributed by atoms with Crippen molar-refractivity contribution in [3.05, 3.63) is 88.9 Å². The predicted octanol–water partition coefficient (Wildman–Crippen LogP) is 4.66. The smallest absolute Gasteiger partial charge is 0.302 e. The molecule has 7 nitrogen and oxygen atoms in total. The number of aryl methyl sites for hydroxylation is 2. The van der Waals surface area contributed by atoms with Gasteiger partial charge in [0, 0.05) is 5.56 Å². The maximum Gasteiger partial charge on any atom is 0.302 e. The van der Waals surface area contributed by atoms with Crippen LogP contribution in [0, 0.1) is 0 Å². The minimum atomic E-state index is -0.934. The number of aliphatic hydroxyl groups is 1. The number of furan rings is 1. The van der Waals surface area contributed by atoms with Gasteiger partial charge in [-0.1, -0.05) is 24.3 Å². The molecule has 2 N–H and O–H groups in total. The normalized spacial score (nSPS) is 19.9. The monoisotopic (exact) mass is 439 g/mol. The zero-order valence-electron chi connectivity index (χ0n) is 17.7. The molecule has 3 heterocycles. The Kier molecular flexibility index (Phi) is 4.43. The fourth-order valence-corrected chi connectivity index (χ4v) is 4.86. The van der Waals surface area contributed by atoms with Gasteiger partial charge in [-0.15, -0.1) is 0 Å². The molecule has 0 saturated carbocycles. The molecule has 1 saturated heterocycles. The second-order valence-corrected chi connectivity index (χ2v) is 8.45. The lowest BCUT2D eigenvalue weighted by Crippen LogP contribution is -2.30. The topological polar surface area (TPSA) is 99.4 Å². The van der Waals surface area contributed by atoms with Crippen molar-refractivity contribution >= 4 is 34.4 Å². The van der Waals surface area contributed by atoms with Crippen molar-refractivity contribution in [1.82, 2.24) is 9.97 Å². The highest BCUT2D eigenvalue weighted by molar-refractivity contribution is 6.51. The van der Waals surface area contributed by atoms with E-state index in [0.717, 1.165) is 31.2 Å². The van der Waals surface area contributed by atoms with Crippen LogP contribution in [0.5, 0.6) is 0 Å². The highest BCUT2D eigenvalue weighted by Crippen LogP contribution is 2.42. The molecule has 2 aliphatic rings. The molecule has 4 aromatic rings. The maximum atomic E-state index is 13.2. The number of aliphatic hydroxyl groups excluding tert-OH is 1. The lowest BCUT2D eigenvalue weighted by atomic mass is 9.89. The number of benzene rings is 2. The summed E-state index contributed by atoms with van der Waals surface area (Å²) in [5.74, 6) is -1.15. The molecule has 1 unspecified atom stereocenters. The van der Waals surface area contributed by atoms with Crippen molar-refractivity contribution in [2.45, 2.75) is 31.7 Å². The number of H-pyrrole nitrogens is 1.